The number of aliphatic hydroxyl groups excluding tert-OH is 3. The Hall–Kier alpha value is -3.50. The van der Waals surface area contributed by atoms with Crippen molar-refractivity contribution in [3.05, 3.63) is 81.7 Å². The number of phenols is 3. The van der Waals surface area contributed by atoms with Crippen LogP contribution in [0.3, 0.4) is 0 Å². The summed E-state index contributed by atoms with van der Waals surface area (Å²) in [6.45, 7) is 1.63. The SMILES string of the molecule is COc1c(O)c(O)c(CO)c([C@@H]2C[C@H](O)[C@H]3CC[C@@H](c4ccc(O)c([C@H]5C[C@H](C)CC=C5CO)c4)C[C@@H]3O2)c1Cc1cc[n-]c1. The van der Waals surface area contributed by atoms with Gasteiger partial charge in [0.15, 0.2) is 11.5 Å². The van der Waals surface area contributed by atoms with Crippen molar-refractivity contribution in [2.24, 2.45) is 11.8 Å². The average Bonchev–Trinajstić information content (AvgIpc) is 3.56. The van der Waals surface area contributed by atoms with Crippen LogP contribution in [0.2, 0.25) is 0 Å². The maximum atomic E-state index is 11.4. The van der Waals surface area contributed by atoms with E-state index in [0.717, 1.165) is 47.9 Å². The number of hydrogen-bond donors (Lipinski definition) is 6. The van der Waals surface area contributed by atoms with Crippen LogP contribution in [0.15, 0.2) is 48.3 Å². The summed E-state index contributed by atoms with van der Waals surface area (Å²) in [7, 11) is 1.42. The van der Waals surface area contributed by atoms with Gasteiger partial charge in [0.2, 0.25) is 5.75 Å². The van der Waals surface area contributed by atoms with Gasteiger partial charge in [0.05, 0.1) is 38.6 Å². The van der Waals surface area contributed by atoms with Crippen LogP contribution >= 0.6 is 0 Å². The molecule has 0 spiro atoms. The summed E-state index contributed by atoms with van der Waals surface area (Å²) in [5, 5.41) is 64.4. The molecule has 9 heteroatoms. The first kappa shape index (κ1) is 31.5. The molecule has 0 unspecified atom stereocenters. The first-order valence-corrected chi connectivity index (χ1v) is 16.0. The number of rotatable bonds is 8. The van der Waals surface area contributed by atoms with Crippen LogP contribution in [0.25, 0.3) is 0 Å². The van der Waals surface area contributed by atoms with Crippen molar-refractivity contribution in [2.45, 2.75) is 88.6 Å². The van der Waals surface area contributed by atoms with E-state index in [1.54, 1.807) is 18.5 Å². The molecule has 0 bridgehead atoms. The van der Waals surface area contributed by atoms with Crippen molar-refractivity contribution in [3.8, 4) is 23.0 Å². The van der Waals surface area contributed by atoms with Gasteiger partial charge in [0.25, 0.3) is 0 Å². The zero-order valence-corrected chi connectivity index (χ0v) is 25.9. The van der Waals surface area contributed by atoms with E-state index in [1.165, 1.54) is 7.11 Å². The molecule has 2 heterocycles. The number of allylic oxidation sites excluding steroid dienone is 1. The number of nitrogens with zero attached hydrogens (tertiary/aromatic N) is 1. The standard InChI is InChI=1S/C36H44NO8/c1-19-3-4-23(17-38)25(11-19)26-13-21(6-8-29(26)40)22-5-7-24-30(41)15-32(45-31(24)14-22)33-27(12-20-9-10-37-16-20)36(44-2)35(43)34(42)28(33)18-39/h4,6,8-10,13,16,19,22,24-25,30-32,38-43H,3,5,7,11-12,14-15,17-18H2,1-2H3/q-1/t19-,22-,24-,25+,30+,31+,32+/m1/s1. The molecular weight excluding hydrogens is 574 g/mol. The molecule has 6 N–H and O–H groups in total. The van der Waals surface area contributed by atoms with E-state index < -0.39 is 30.3 Å². The maximum Gasteiger partial charge on any atom is 0.201 e. The second kappa shape index (κ2) is 13.1. The fourth-order valence-electron chi connectivity index (χ4n) is 8.05. The molecule has 1 saturated heterocycles. The van der Waals surface area contributed by atoms with Crippen LogP contribution in [-0.4, -0.2) is 56.6 Å². The lowest BCUT2D eigenvalue weighted by molar-refractivity contribution is -0.154. The van der Waals surface area contributed by atoms with Crippen molar-refractivity contribution in [3.63, 3.8) is 0 Å². The quantitative estimate of drug-likeness (QED) is 0.150. The normalized spacial score (nSPS) is 28.4. The number of phenolic OH excluding ortho intramolecular Hbond substituents is 2. The molecule has 2 fully saturated rings. The van der Waals surface area contributed by atoms with Gasteiger partial charge in [-0.3, -0.25) is 0 Å². The highest BCUT2D eigenvalue weighted by atomic mass is 16.5. The molecule has 3 aromatic rings. The number of methoxy groups -OCH3 is 1. The Bertz CT molecular complexity index is 1530. The van der Waals surface area contributed by atoms with Crippen LogP contribution in [-0.2, 0) is 17.8 Å². The molecular formula is C36H44NO8-. The molecule has 2 aromatic carbocycles. The maximum absolute atomic E-state index is 11.4. The van der Waals surface area contributed by atoms with Gasteiger partial charge in [-0.05, 0) is 73.1 Å². The van der Waals surface area contributed by atoms with Gasteiger partial charge < -0.3 is 45.1 Å². The highest BCUT2D eigenvalue weighted by Gasteiger charge is 2.44. The summed E-state index contributed by atoms with van der Waals surface area (Å²) in [6, 6.07) is 7.66. The van der Waals surface area contributed by atoms with Gasteiger partial charge in [-0.15, -0.1) is 0 Å². The highest BCUT2D eigenvalue weighted by Crippen LogP contribution is 2.52. The molecule has 0 radical (unpaired) electrons. The molecule has 6 rings (SSSR count). The Morgan fingerprint density at radius 1 is 0.978 bits per heavy atom. The number of ether oxygens (including phenoxy) is 2. The fourth-order valence-corrected chi connectivity index (χ4v) is 8.05. The highest BCUT2D eigenvalue weighted by molar-refractivity contribution is 5.64. The van der Waals surface area contributed by atoms with Gasteiger partial charge in [-0.2, -0.15) is 12.4 Å². The Morgan fingerprint density at radius 3 is 2.51 bits per heavy atom. The van der Waals surface area contributed by atoms with E-state index in [9.17, 15) is 30.6 Å². The number of aliphatic hydroxyl groups is 3. The first-order chi connectivity index (χ1) is 21.7. The van der Waals surface area contributed by atoms with Crippen molar-refractivity contribution in [1.29, 1.82) is 0 Å². The zero-order valence-electron chi connectivity index (χ0n) is 25.9. The third-order valence-corrected chi connectivity index (χ3v) is 10.4. The molecule has 2 aliphatic carbocycles. The number of fused-ring (bicyclic) bond motifs is 1. The third kappa shape index (κ3) is 5.94. The minimum atomic E-state index is -0.659. The van der Waals surface area contributed by atoms with E-state index in [0.29, 0.717) is 29.9 Å². The summed E-state index contributed by atoms with van der Waals surface area (Å²) in [5.41, 5.74) is 5.01. The predicted octanol–water partition coefficient (Wildman–Crippen LogP) is 5.06. The predicted molar refractivity (Wildman–Crippen MR) is 168 cm³/mol. The third-order valence-electron chi connectivity index (χ3n) is 10.4. The van der Waals surface area contributed by atoms with Crippen LogP contribution in [0, 0.1) is 11.8 Å². The van der Waals surface area contributed by atoms with Gasteiger partial charge in [0.1, 0.15) is 5.75 Å². The molecule has 242 valence electrons. The second-order valence-electron chi connectivity index (χ2n) is 13.1. The number of aromatic nitrogens is 1. The van der Waals surface area contributed by atoms with Gasteiger partial charge in [-0.25, -0.2) is 0 Å². The monoisotopic (exact) mass is 618 g/mol. The average molecular weight is 619 g/mol. The molecule has 9 nitrogen and oxygen atoms in total. The second-order valence-corrected chi connectivity index (χ2v) is 13.1. The lowest BCUT2D eigenvalue weighted by Crippen LogP contribution is -2.44. The fraction of sp³-hybridized carbons (Fsp3) is 0.500. The van der Waals surface area contributed by atoms with Gasteiger partial charge in [0, 0.05) is 34.9 Å². The van der Waals surface area contributed by atoms with Gasteiger partial charge in [-0.1, -0.05) is 36.8 Å². The van der Waals surface area contributed by atoms with E-state index in [1.807, 2.05) is 12.1 Å². The zero-order chi connectivity index (χ0) is 31.8. The molecule has 0 amide bonds. The van der Waals surface area contributed by atoms with Crippen molar-refractivity contribution in [2.75, 3.05) is 13.7 Å². The molecule has 7 atom stereocenters. The van der Waals surface area contributed by atoms with Crippen LogP contribution in [0.4, 0.5) is 0 Å². The summed E-state index contributed by atoms with van der Waals surface area (Å²) < 4.78 is 12.4. The Morgan fingerprint density at radius 2 is 1.80 bits per heavy atom. The lowest BCUT2D eigenvalue weighted by Gasteiger charge is -2.46. The number of aromatic hydroxyl groups is 3. The summed E-state index contributed by atoms with van der Waals surface area (Å²) in [5.74, 6) is -0.0636. The molecule has 1 aliphatic heterocycles. The Kier molecular flexibility index (Phi) is 9.15. The largest absolute Gasteiger partial charge is 0.670 e. The van der Waals surface area contributed by atoms with Crippen molar-refractivity contribution in [1.82, 2.24) is 4.98 Å². The minimum absolute atomic E-state index is 0.0287. The minimum Gasteiger partial charge on any atom is -0.670 e. The first-order valence-electron chi connectivity index (χ1n) is 16.0. The summed E-state index contributed by atoms with van der Waals surface area (Å²) in [6.07, 6.45) is 8.57. The topological polar surface area (TPSA) is 154 Å². The van der Waals surface area contributed by atoms with Crippen molar-refractivity contribution >= 4 is 0 Å². The summed E-state index contributed by atoms with van der Waals surface area (Å²) >= 11 is 0. The number of hydrogen-bond acceptors (Lipinski definition) is 8. The van der Waals surface area contributed by atoms with Crippen LogP contribution in [0.5, 0.6) is 23.0 Å². The van der Waals surface area contributed by atoms with E-state index in [4.69, 9.17) is 9.47 Å². The molecule has 3 aliphatic rings. The Labute approximate surface area is 263 Å². The van der Waals surface area contributed by atoms with E-state index >= 15 is 0 Å². The Balaban J connectivity index is 1.32. The molecule has 45 heavy (non-hydrogen) atoms. The lowest BCUT2D eigenvalue weighted by atomic mass is 9.71. The van der Waals surface area contributed by atoms with Crippen LogP contribution in [0.1, 0.15) is 96.8 Å². The number of benzene rings is 2. The summed E-state index contributed by atoms with van der Waals surface area (Å²) in [4.78, 5) is 4.15. The smallest absolute Gasteiger partial charge is 0.201 e. The molecule has 1 saturated carbocycles. The van der Waals surface area contributed by atoms with Gasteiger partial charge >= 0.3 is 0 Å². The van der Waals surface area contributed by atoms with E-state index in [-0.39, 0.29) is 53.9 Å². The molecule has 1 aromatic heterocycles. The van der Waals surface area contributed by atoms with E-state index in [2.05, 4.69) is 24.1 Å². The van der Waals surface area contributed by atoms with Crippen molar-refractivity contribution < 1.29 is 40.1 Å². The van der Waals surface area contributed by atoms with Crippen LogP contribution < -0.4 is 9.72 Å².